The molecule has 3 heterocycles. The molecule has 0 bridgehead atoms. The molecule has 1 saturated heterocycles. The number of aromatic nitrogens is 4. The number of ether oxygens (including phenoxy) is 1. The third-order valence-electron chi connectivity index (χ3n) is 8.06. The van der Waals surface area contributed by atoms with E-state index in [1.807, 2.05) is 56.5 Å². The highest BCUT2D eigenvalue weighted by atomic mass is 19.4. The van der Waals surface area contributed by atoms with E-state index < -0.39 is 12.2 Å². The molecule has 1 atom stereocenters. The van der Waals surface area contributed by atoms with Gasteiger partial charge in [0.05, 0.1) is 13.3 Å². The molecule has 2 aromatic heterocycles. The molecule has 0 amide bonds. The molecule has 1 aliphatic heterocycles. The maximum absolute atomic E-state index is 14.8. The first-order chi connectivity index (χ1) is 20.5. The van der Waals surface area contributed by atoms with Crippen molar-refractivity contribution in [3.8, 4) is 5.75 Å². The maximum Gasteiger partial charge on any atom is 0.411 e. The van der Waals surface area contributed by atoms with Crippen molar-refractivity contribution in [3.63, 3.8) is 0 Å². The Hall–Kier alpha value is -2.92. The zero-order valence-corrected chi connectivity index (χ0v) is 26.3. The van der Waals surface area contributed by atoms with Crippen molar-refractivity contribution in [2.75, 3.05) is 45.2 Å². The Bertz CT molecular complexity index is 1260. The molecule has 4 rings (SSSR count). The number of hydrogen-bond acceptors (Lipinski definition) is 7. The van der Waals surface area contributed by atoms with Crippen molar-refractivity contribution < 1.29 is 17.9 Å². The Morgan fingerprint density at radius 3 is 2.16 bits per heavy atom. The highest BCUT2D eigenvalue weighted by Crippen LogP contribution is 2.37. The fourth-order valence-electron chi connectivity index (χ4n) is 5.54. The van der Waals surface area contributed by atoms with Gasteiger partial charge in [0, 0.05) is 12.2 Å². The van der Waals surface area contributed by atoms with Gasteiger partial charge in [0.25, 0.3) is 0 Å². The van der Waals surface area contributed by atoms with Gasteiger partial charge in [0.15, 0.2) is 17.5 Å². The summed E-state index contributed by atoms with van der Waals surface area (Å²) in [7, 11) is 1.61. The molecule has 1 aliphatic rings. The number of aryl methyl sites for hydroxylation is 1. The maximum atomic E-state index is 14.8. The average Bonchev–Trinajstić information content (AvgIpc) is 3.30. The van der Waals surface area contributed by atoms with E-state index in [0.29, 0.717) is 49.6 Å². The third-order valence-corrected chi connectivity index (χ3v) is 8.06. The lowest BCUT2D eigenvalue weighted by Gasteiger charge is -2.33. The summed E-state index contributed by atoms with van der Waals surface area (Å²) in [6, 6.07) is 5.58. The van der Waals surface area contributed by atoms with Gasteiger partial charge >= 0.3 is 6.18 Å². The highest BCUT2D eigenvalue weighted by molar-refractivity contribution is 5.75. The van der Waals surface area contributed by atoms with Crippen molar-refractivity contribution in [3.05, 3.63) is 36.3 Å². The van der Waals surface area contributed by atoms with Crippen molar-refractivity contribution in [1.82, 2.24) is 29.3 Å². The average molecular weight is 604 g/mol. The van der Waals surface area contributed by atoms with Crippen LogP contribution < -0.4 is 10.1 Å². The second-order valence-electron chi connectivity index (χ2n) is 12.5. The van der Waals surface area contributed by atoms with E-state index in [0.717, 1.165) is 37.5 Å². The smallest absolute Gasteiger partial charge is 0.411 e. The molecule has 3 aromatic rings. The first kappa shape index (κ1) is 33.0. The van der Waals surface area contributed by atoms with Crippen molar-refractivity contribution in [2.24, 2.45) is 11.8 Å². The molecular weight excluding hydrogens is 555 g/mol. The lowest BCUT2D eigenvalue weighted by atomic mass is 10.1. The van der Waals surface area contributed by atoms with Gasteiger partial charge in [0.2, 0.25) is 5.95 Å². The van der Waals surface area contributed by atoms with Gasteiger partial charge < -0.3 is 15.0 Å². The molecule has 238 valence electrons. The van der Waals surface area contributed by atoms with Crippen molar-refractivity contribution in [2.45, 2.75) is 85.0 Å². The highest BCUT2D eigenvalue weighted by Gasteiger charge is 2.46. The summed E-state index contributed by atoms with van der Waals surface area (Å²) in [5.41, 5.74) is 1.68. The second kappa shape index (κ2) is 15.2. The van der Waals surface area contributed by atoms with Crippen LogP contribution in [0.5, 0.6) is 5.75 Å². The van der Waals surface area contributed by atoms with E-state index in [1.54, 1.807) is 7.11 Å². The molecule has 43 heavy (non-hydrogen) atoms. The van der Waals surface area contributed by atoms with Crippen LogP contribution in [0, 0.1) is 11.8 Å². The SMILES string of the molecule is COc1ccc(Nc2nc3cnc(C(N(CCC(C)C)CCC(C)C)C(F)(F)F)nc3n2CCCN2CCCCC2)cc1. The van der Waals surface area contributed by atoms with Crippen LogP contribution in [0.2, 0.25) is 0 Å². The number of imidazole rings is 1. The van der Waals surface area contributed by atoms with Gasteiger partial charge in [-0.15, -0.1) is 0 Å². The minimum atomic E-state index is -4.52. The number of rotatable bonds is 15. The predicted molar refractivity (Wildman–Crippen MR) is 166 cm³/mol. The van der Waals surface area contributed by atoms with Crippen LogP contribution in [0.4, 0.5) is 24.8 Å². The Labute approximate surface area is 254 Å². The summed E-state index contributed by atoms with van der Waals surface area (Å²) in [4.78, 5) is 17.6. The minimum absolute atomic E-state index is 0.222. The summed E-state index contributed by atoms with van der Waals surface area (Å²) in [5, 5.41) is 3.35. The van der Waals surface area contributed by atoms with Crippen LogP contribution in [0.1, 0.15) is 78.1 Å². The Morgan fingerprint density at radius 1 is 0.930 bits per heavy atom. The molecule has 0 saturated carbocycles. The lowest BCUT2D eigenvalue weighted by Crippen LogP contribution is -2.41. The molecule has 1 N–H and O–H groups in total. The fraction of sp³-hybridized carbons (Fsp3) is 0.656. The summed E-state index contributed by atoms with van der Waals surface area (Å²) >= 11 is 0. The summed E-state index contributed by atoms with van der Waals surface area (Å²) < 4.78 is 51.6. The largest absolute Gasteiger partial charge is 0.497 e. The minimum Gasteiger partial charge on any atom is -0.497 e. The van der Waals surface area contributed by atoms with Gasteiger partial charge in [-0.1, -0.05) is 34.1 Å². The second-order valence-corrected chi connectivity index (χ2v) is 12.5. The van der Waals surface area contributed by atoms with E-state index in [1.165, 1.54) is 30.4 Å². The number of hydrogen-bond donors (Lipinski definition) is 1. The number of nitrogens with zero attached hydrogens (tertiary/aromatic N) is 6. The number of methoxy groups -OCH3 is 1. The van der Waals surface area contributed by atoms with Gasteiger partial charge in [0.1, 0.15) is 11.3 Å². The van der Waals surface area contributed by atoms with E-state index in [-0.39, 0.29) is 17.7 Å². The molecule has 11 heteroatoms. The number of nitrogens with one attached hydrogen (secondary N) is 1. The van der Waals surface area contributed by atoms with Gasteiger partial charge in [-0.05, 0) is 101 Å². The lowest BCUT2D eigenvalue weighted by molar-refractivity contribution is -0.189. The molecule has 0 radical (unpaired) electrons. The zero-order chi connectivity index (χ0) is 31.0. The normalized spacial score (nSPS) is 15.6. The van der Waals surface area contributed by atoms with E-state index in [2.05, 4.69) is 20.2 Å². The quantitative estimate of drug-likeness (QED) is 0.193. The molecular formula is C32H48F3N7O. The number of halogens is 3. The number of benzene rings is 1. The zero-order valence-electron chi connectivity index (χ0n) is 26.3. The van der Waals surface area contributed by atoms with Crippen LogP contribution in [-0.4, -0.2) is 75.3 Å². The van der Waals surface area contributed by atoms with Crippen molar-refractivity contribution in [1.29, 1.82) is 0 Å². The molecule has 0 aliphatic carbocycles. The van der Waals surface area contributed by atoms with E-state index in [4.69, 9.17) is 9.72 Å². The molecule has 1 aromatic carbocycles. The van der Waals surface area contributed by atoms with Gasteiger partial charge in [-0.3, -0.25) is 9.47 Å². The van der Waals surface area contributed by atoms with Gasteiger partial charge in [-0.25, -0.2) is 15.0 Å². The standard InChI is InChI=1S/C32H48F3N7O/c1-23(2)14-20-41(21-15-24(3)4)28(32(33,34)35)29-36-22-27-30(39-29)42(19-9-18-40-16-7-6-8-17-40)31(38-27)37-25-10-12-26(43-5)13-11-25/h10-13,22-24,28H,6-9,14-21H2,1-5H3,(H,37,38). The Morgan fingerprint density at radius 2 is 1.58 bits per heavy atom. The van der Waals surface area contributed by atoms with Crippen LogP contribution >= 0.6 is 0 Å². The summed E-state index contributed by atoms with van der Waals surface area (Å²) in [6.07, 6.45) is 2.76. The first-order valence-electron chi connectivity index (χ1n) is 15.7. The van der Waals surface area contributed by atoms with Crippen molar-refractivity contribution >= 4 is 22.8 Å². The van der Waals surface area contributed by atoms with Crippen LogP contribution in [0.15, 0.2) is 30.5 Å². The Balaban J connectivity index is 1.70. The number of piperidine rings is 1. The molecule has 0 spiro atoms. The van der Waals surface area contributed by atoms with Crippen LogP contribution in [-0.2, 0) is 6.54 Å². The Kier molecular flexibility index (Phi) is 11.7. The third kappa shape index (κ3) is 9.28. The fourth-order valence-corrected chi connectivity index (χ4v) is 5.54. The number of likely N-dealkylation sites (tertiary alicyclic amines) is 1. The van der Waals surface area contributed by atoms with Gasteiger partial charge in [-0.2, -0.15) is 13.2 Å². The number of fused-ring (bicyclic) bond motifs is 1. The monoisotopic (exact) mass is 603 g/mol. The topological polar surface area (TPSA) is 71.3 Å². The van der Waals surface area contributed by atoms with E-state index in [9.17, 15) is 13.2 Å². The molecule has 1 unspecified atom stereocenters. The van der Waals surface area contributed by atoms with Crippen LogP contribution in [0.3, 0.4) is 0 Å². The molecule has 1 fully saturated rings. The van der Waals surface area contributed by atoms with Crippen LogP contribution in [0.25, 0.3) is 11.2 Å². The van der Waals surface area contributed by atoms with E-state index >= 15 is 0 Å². The number of anilines is 2. The first-order valence-corrected chi connectivity index (χ1v) is 15.7. The summed E-state index contributed by atoms with van der Waals surface area (Å²) in [6.45, 7) is 12.5. The summed E-state index contributed by atoms with van der Waals surface area (Å²) in [5.74, 6) is 1.61. The molecule has 8 nitrogen and oxygen atoms in total. The predicted octanol–water partition coefficient (Wildman–Crippen LogP) is 7.45. The number of alkyl halides is 3.